The van der Waals surface area contributed by atoms with Gasteiger partial charge in [-0.3, -0.25) is 4.55 Å². The highest BCUT2D eigenvalue weighted by atomic mass is 32.2. The largest absolute Gasteiger partial charge is 0.372 e. The monoisotopic (exact) mass is 389 g/mol. The molecule has 146 valence electrons. The van der Waals surface area contributed by atoms with E-state index in [1.165, 1.54) is 5.69 Å². The van der Waals surface area contributed by atoms with E-state index in [9.17, 15) is 8.42 Å². The van der Waals surface area contributed by atoms with Gasteiger partial charge in [-0.05, 0) is 43.5 Å². The van der Waals surface area contributed by atoms with Gasteiger partial charge in [0.2, 0.25) is 0 Å². The lowest BCUT2D eigenvalue weighted by Crippen LogP contribution is -2.32. The van der Waals surface area contributed by atoms with Gasteiger partial charge in [-0.1, -0.05) is 24.3 Å². The van der Waals surface area contributed by atoms with Gasteiger partial charge in [0.1, 0.15) is 6.54 Å². The average molecular weight is 390 g/mol. The Morgan fingerprint density at radius 1 is 0.926 bits per heavy atom. The average Bonchev–Trinajstić information content (AvgIpc) is 2.66. The van der Waals surface area contributed by atoms with Crippen molar-refractivity contribution < 1.29 is 17.5 Å². The summed E-state index contributed by atoms with van der Waals surface area (Å²) < 4.78 is 32.1. The number of anilines is 1. The van der Waals surface area contributed by atoms with Crippen LogP contribution in [0.2, 0.25) is 0 Å². The van der Waals surface area contributed by atoms with Crippen LogP contribution in [0.15, 0.2) is 48.8 Å². The summed E-state index contributed by atoms with van der Waals surface area (Å²) >= 11 is 0. The fourth-order valence-electron chi connectivity index (χ4n) is 2.89. The number of unbranched alkanes of at least 4 members (excludes halogenated alkanes) is 1. The highest BCUT2D eigenvalue weighted by Crippen LogP contribution is 2.16. The first-order valence-electron chi connectivity index (χ1n) is 9.38. The Bertz CT molecular complexity index is 825. The fourth-order valence-corrected chi connectivity index (χ4v) is 3.45. The molecule has 5 nitrogen and oxygen atoms in total. The van der Waals surface area contributed by atoms with Gasteiger partial charge >= 0.3 is 0 Å². The normalized spacial score (nSPS) is 11.8. The molecule has 6 heteroatoms. The number of benzene rings is 1. The predicted molar refractivity (Wildman–Crippen MR) is 111 cm³/mol. The molecule has 1 N–H and O–H groups in total. The van der Waals surface area contributed by atoms with E-state index in [1.807, 2.05) is 29.1 Å². The fraction of sp³-hybridized carbons (Fsp3) is 0.381. The first-order chi connectivity index (χ1) is 12.9. The molecular weight excluding hydrogens is 360 g/mol. The number of aryl methyl sites for hydroxylation is 1. The maximum Gasteiger partial charge on any atom is 0.264 e. The maximum absolute atomic E-state index is 10.7. The molecule has 1 aromatic carbocycles. The van der Waals surface area contributed by atoms with Gasteiger partial charge in [-0.25, -0.2) is 4.57 Å². The molecule has 2 rings (SSSR count). The molecule has 1 aromatic heterocycles. The summed E-state index contributed by atoms with van der Waals surface area (Å²) in [5.41, 5.74) is 3.51. The Labute approximate surface area is 162 Å². The van der Waals surface area contributed by atoms with Gasteiger partial charge in [0, 0.05) is 37.3 Å². The van der Waals surface area contributed by atoms with E-state index < -0.39 is 10.1 Å². The van der Waals surface area contributed by atoms with Crippen LogP contribution in [0, 0.1) is 0 Å². The molecule has 1 heterocycles. The van der Waals surface area contributed by atoms with Gasteiger partial charge < -0.3 is 4.90 Å². The van der Waals surface area contributed by atoms with E-state index in [-0.39, 0.29) is 5.75 Å². The zero-order valence-corrected chi connectivity index (χ0v) is 16.9. The topological polar surface area (TPSA) is 61.5 Å². The van der Waals surface area contributed by atoms with Crippen LogP contribution in [0.4, 0.5) is 5.69 Å². The zero-order chi connectivity index (χ0) is 19.7. The molecule has 0 aliphatic heterocycles. The molecule has 27 heavy (non-hydrogen) atoms. The molecule has 0 aliphatic rings. The first kappa shape index (κ1) is 21.1. The van der Waals surface area contributed by atoms with Crippen LogP contribution < -0.4 is 9.47 Å². The second kappa shape index (κ2) is 10.2. The van der Waals surface area contributed by atoms with Crippen LogP contribution in [0.25, 0.3) is 12.2 Å². The first-order valence-corrected chi connectivity index (χ1v) is 11.0. The Morgan fingerprint density at radius 2 is 1.48 bits per heavy atom. The summed E-state index contributed by atoms with van der Waals surface area (Å²) in [5.74, 6) is -0.179. The highest BCUT2D eigenvalue weighted by Gasteiger charge is 2.06. The summed E-state index contributed by atoms with van der Waals surface area (Å²) in [4.78, 5) is 2.32. The van der Waals surface area contributed by atoms with E-state index >= 15 is 0 Å². The van der Waals surface area contributed by atoms with Crippen molar-refractivity contribution in [1.82, 2.24) is 0 Å². The molecule has 0 unspecified atom stereocenters. The van der Waals surface area contributed by atoms with Crippen molar-refractivity contribution in [2.75, 3.05) is 23.7 Å². The standard InChI is InChI=1S/C21H28N2O3S/c1-3-23(4-2)21-11-9-19(10-12-21)7-8-20-13-16-22(17-14-20)15-5-6-18-27(24,25)26/h7-14,16-17H,3-6,15,18H2,1-2H3/p+1. The van der Waals surface area contributed by atoms with Crippen LogP contribution in [0.1, 0.15) is 37.8 Å². The molecule has 2 aromatic rings. The van der Waals surface area contributed by atoms with Crippen LogP contribution in [0.3, 0.4) is 0 Å². The summed E-state index contributed by atoms with van der Waals surface area (Å²) in [6, 6.07) is 12.6. The lowest BCUT2D eigenvalue weighted by molar-refractivity contribution is -0.697. The van der Waals surface area contributed by atoms with E-state index in [1.54, 1.807) is 0 Å². The summed E-state index contributed by atoms with van der Waals surface area (Å²) in [6.07, 6.45) is 9.30. The van der Waals surface area contributed by atoms with Crippen LogP contribution in [-0.2, 0) is 16.7 Å². The maximum atomic E-state index is 10.7. The van der Waals surface area contributed by atoms with Crippen LogP contribution in [0.5, 0.6) is 0 Å². The van der Waals surface area contributed by atoms with Gasteiger partial charge in [0.05, 0.1) is 5.75 Å². The quantitative estimate of drug-likeness (QED) is 0.383. The Morgan fingerprint density at radius 3 is 2.00 bits per heavy atom. The molecule has 0 radical (unpaired) electrons. The molecule has 0 atom stereocenters. The van der Waals surface area contributed by atoms with Crippen molar-refractivity contribution >= 4 is 28.0 Å². The molecule has 0 amide bonds. The molecule has 0 saturated heterocycles. The van der Waals surface area contributed by atoms with Crippen molar-refractivity contribution in [3.8, 4) is 0 Å². The Balaban J connectivity index is 1.88. The van der Waals surface area contributed by atoms with Gasteiger partial charge in [-0.2, -0.15) is 8.42 Å². The van der Waals surface area contributed by atoms with Gasteiger partial charge in [0.25, 0.3) is 10.1 Å². The molecular formula is C21H29N2O3S+. The van der Waals surface area contributed by atoms with Crippen LogP contribution >= 0.6 is 0 Å². The SMILES string of the molecule is CCN(CC)c1ccc(/C=C/c2cc[n+](CCCCS(=O)(=O)O)cc2)cc1. The Hall–Kier alpha value is -2.18. The van der Waals surface area contributed by atoms with E-state index in [4.69, 9.17) is 4.55 Å². The van der Waals surface area contributed by atoms with E-state index in [0.29, 0.717) is 12.8 Å². The third-order valence-corrected chi connectivity index (χ3v) is 5.28. The lowest BCUT2D eigenvalue weighted by Gasteiger charge is -2.20. The van der Waals surface area contributed by atoms with Crippen molar-refractivity contribution in [1.29, 1.82) is 0 Å². The van der Waals surface area contributed by atoms with Gasteiger partial charge in [-0.15, -0.1) is 0 Å². The second-order valence-corrected chi connectivity index (χ2v) is 8.03. The minimum atomic E-state index is -3.85. The minimum Gasteiger partial charge on any atom is -0.372 e. The smallest absolute Gasteiger partial charge is 0.264 e. The third kappa shape index (κ3) is 7.53. The lowest BCUT2D eigenvalue weighted by atomic mass is 10.1. The number of hydrogen-bond acceptors (Lipinski definition) is 3. The number of pyridine rings is 1. The zero-order valence-electron chi connectivity index (χ0n) is 16.1. The van der Waals surface area contributed by atoms with Crippen molar-refractivity contribution in [2.24, 2.45) is 0 Å². The minimum absolute atomic E-state index is 0.179. The van der Waals surface area contributed by atoms with E-state index in [0.717, 1.165) is 30.8 Å². The highest BCUT2D eigenvalue weighted by molar-refractivity contribution is 7.85. The number of rotatable bonds is 10. The Kier molecular flexibility index (Phi) is 8.00. The number of aromatic nitrogens is 1. The van der Waals surface area contributed by atoms with Crippen molar-refractivity contribution in [3.63, 3.8) is 0 Å². The second-order valence-electron chi connectivity index (χ2n) is 6.46. The van der Waals surface area contributed by atoms with Gasteiger partial charge in [0.15, 0.2) is 12.4 Å². The molecule has 0 aliphatic carbocycles. The number of hydrogen-bond donors (Lipinski definition) is 1. The van der Waals surface area contributed by atoms with Crippen molar-refractivity contribution in [2.45, 2.75) is 33.2 Å². The molecule has 0 fully saturated rings. The summed E-state index contributed by atoms with van der Waals surface area (Å²) in [7, 11) is -3.85. The summed E-state index contributed by atoms with van der Waals surface area (Å²) in [5, 5.41) is 0. The molecule has 0 spiro atoms. The summed E-state index contributed by atoms with van der Waals surface area (Å²) in [6.45, 7) is 7.06. The predicted octanol–water partition coefficient (Wildman–Crippen LogP) is 3.66. The number of nitrogens with zero attached hydrogens (tertiary/aromatic N) is 2. The molecule has 0 saturated carbocycles. The van der Waals surface area contributed by atoms with Crippen LogP contribution in [-0.4, -0.2) is 31.8 Å². The van der Waals surface area contributed by atoms with Crippen molar-refractivity contribution in [3.05, 3.63) is 59.9 Å². The molecule has 0 bridgehead atoms. The van der Waals surface area contributed by atoms with E-state index in [2.05, 4.69) is 55.2 Å². The third-order valence-electron chi connectivity index (χ3n) is 4.48.